The number of rotatable bonds is 0. The van der Waals surface area contributed by atoms with E-state index in [1.165, 1.54) is 22.3 Å². The van der Waals surface area contributed by atoms with E-state index < -0.39 is 0 Å². The lowest BCUT2D eigenvalue weighted by Crippen LogP contribution is -2.38. The third kappa shape index (κ3) is 1.57. The zero-order valence-electron chi connectivity index (χ0n) is 11.3. The average Bonchev–Trinajstić information content (AvgIpc) is 2.56. The second kappa shape index (κ2) is 4.17. The van der Waals surface area contributed by atoms with Crippen molar-refractivity contribution in [3.63, 3.8) is 0 Å². The third-order valence-corrected chi connectivity index (χ3v) is 5.31. The molecule has 0 radical (unpaired) electrons. The first-order valence-electron chi connectivity index (χ1n) is 6.94. The van der Waals surface area contributed by atoms with Gasteiger partial charge in [0.25, 0.3) is 0 Å². The van der Waals surface area contributed by atoms with Gasteiger partial charge < -0.3 is 5.21 Å². The lowest BCUT2D eigenvalue weighted by molar-refractivity contribution is -0.188. The first kappa shape index (κ1) is 12.6. The monoisotopic (exact) mass is 329 g/mol. The Morgan fingerprint density at radius 1 is 1.20 bits per heavy atom. The van der Waals surface area contributed by atoms with Crippen molar-refractivity contribution in [3.8, 4) is 0 Å². The van der Waals surface area contributed by atoms with E-state index in [0.29, 0.717) is 0 Å². The van der Waals surface area contributed by atoms with Crippen LogP contribution < -0.4 is 0 Å². The minimum absolute atomic E-state index is 0.0682. The normalized spacial score (nSPS) is 27.9. The van der Waals surface area contributed by atoms with Gasteiger partial charge in [0.15, 0.2) is 0 Å². The van der Waals surface area contributed by atoms with Crippen LogP contribution in [0.15, 0.2) is 46.9 Å². The van der Waals surface area contributed by atoms with E-state index in [2.05, 4.69) is 65.3 Å². The second-order valence-electron chi connectivity index (χ2n) is 6.02. The predicted molar refractivity (Wildman–Crippen MR) is 81.7 cm³/mol. The Labute approximate surface area is 127 Å². The van der Waals surface area contributed by atoms with E-state index in [4.69, 9.17) is 0 Å². The number of nitrogens with zero attached hydrogens (tertiary/aromatic N) is 1. The van der Waals surface area contributed by atoms with Crippen LogP contribution in [0.3, 0.4) is 0 Å². The van der Waals surface area contributed by atoms with Gasteiger partial charge in [-0.25, -0.2) is 0 Å². The van der Waals surface area contributed by atoms with E-state index in [1.54, 1.807) is 5.06 Å². The van der Waals surface area contributed by atoms with Gasteiger partial charge in [-0.15, -0.1) is 0 Å². The van der Waals surface area contributed by atoms with Crippen LogP contribution in [-0.2, 0) is 18.4 Å². The van der Waals surface area contributed by atoms with Crippen LogP contribution in [0, 0.1) is 0 Å². The molecule has 0 amide bonds. The van der Waals surface area contributed by atoms with Gasteiger partial charge in [-0.2, -0.15) is 5.06 Å². The molecule has 0 spiro atoms. The molecule has 2 aromatic rings. The molecule has 2 bridgehead atoms. The summed E-state index contributed by atoms with van der Waals surface area (Å²) in [6.07, 6.45) is 1.71. The zero-order chi connectivity index (χ0) is 13.9. The van der Waals surface area contributed by atoms with Crippen molar-refractivity contribution < 1.29 is 5.21 Å². The Bertz CT molecular complexity index is 699. The number of halogens is 1. The van der Waals surface area contributed by atoms with Crippen LogP contribution in [-0.4, -0.2) is 10.3 Å². The van der Waals surface area contributed by atoms with Gasteiger partial charge in [0.1, 0.15) is 0 Å². The van der Waals surface area contributed by atoms with Crippen molar-refractivity contribution in [2.75, 3.05) is 0 Å². The van der Waals surface area contributed by atoms with Crippen molar-refractivity contribution in [2.24, 2.45) is 0 Å². The fraction of sp³-hybridized carbons (Fsp3) is 0.294. The summed E-state index contributed by atoms with van der Waals surface area (Å²) >= 11 is 3.56. The van der Waals surface area contributed by atoms with Crippen LogP contribution in [0.4, 0.5) is 0 Å². The quantitative estimate of drug-likeness (QED) is 0.782. The summed E-state index contributed by atoms with van der Waals surface area (Å²) in [4.78, 5) is 0. The van der Waals surface area contributed by atoms with Crippen LogP contribution in [0.25, 0.3) is 0 Å². The fourth-order valence-electron chi connectivity index (χ4n) is 3.79. The lowest BCUT2D eigenvalue weighted by Gasteiger charge is -2.32. The molecule has 2 aromatic carbocycles. The van der Waals surface area contributed by atoms with Crippen molar-refractivity contribution in [1.29, 1.82) is 0 Å². The van der Waals surface area contributed by atoms with Gasteiger partial charge >= 0.3 is 0 Å². The molecule has 2 atom stereocenters. The highest BCUT2D eigenvalue weighted by Gasteiger charge is 2.48. The summed E-state index contributed by atoms with van der Waals surface area (Å²) in [7, 11) is 0. The number of fused-ring (bicyclic) bond motifs is 6. The Balaban J connectivity index is 1.94. The number of benzene rings is 2. The second-order valence-corrected chi connectivity index (χ2v) is 6.93. The Morgan fingerprint density at radius 2 is 2.00 bits per heavy atom. The smallest absolute Gasteiger partial charge is 0.0731 e. The number of hydroxylamine groups is 2. The highest BCUT2D eigenvalue weighted by atomic mass is 79.9. The van der Waals surface area contributed by atoms with Crippen molar-refractivity contribution in [1.82, 2.24) is 5.06 Å². The summed E-state index contributed by atoms with van der Waals surface area (Å²) in [6.45, 7) is 2.14. The highest BCUT2D eigenvalue weighted by molar-refractivity contribution is 9.10. The van der Waals surface area contributed by atoms with Crippen molar-refractivity contribution in [2.45, 2.75) is 31.3 Å². The molecule has 0 aromatic heterocycles. The summed E-state index contributed by atoms with van der Waals surface area (Å²) in [6, 6.07) is 15.0. The molecule has 0 fully saturated rings. The topological polar surface area (TPSA) is 23.5 Å². The van der Waals surface area contributed by atoms with E-state index >= 15 is 0 Å². The summed E-state index contributed by atoms with van der Waals surface area (Å²) in [5.74, 6) is 0. The van der Waals surface area contributed by atoms with Gasteiger partial charge in [-0.3, -0.25) is 0 Å². The zero-order valence-corrected chi connectivity index (χ0v) is 12.9. The fourth-order valence-corrected chi connectivity index (χ4v) is 4.20. The van der Waals surface area contributed by atoms with E-state index in [1.807, 2.05) is 0 Å². The molecule has 4 rings (SSSR count). The number of hydrogen-bond acceptors (Lipinski definition) is 2. The maximum Gasteiger partial charge on any atom is 0.0731 e. The van der Waals surface area contributed by atoms with E-state index in [-0.39, 0.29) is 11.6 Å². The standard InChI is InChI=1S/C17H16BrNO/c1-17-10-12-8-13(18)7-6-11(12)9-16(19(17)20)14-4-2-3-5-15(14)17/h2-8,16,20H,9-10H2,1H3. The molecule has 2 heterocycles. The van der Waals surface area contributed by atoms with E-state index in [0.717, 1.165) is 17.3 Å². The molecule has 20 heavy (non-hydrogen) atoms. The first-order chi connectivity index (χ1) is 9.59. The Kier molecular flexibility index (Phi) is 2.62. The molecule has 2 aliphatic rings. The number of hydrogen-bond donors (Lipinski definition) is 1. The van der Waals surface area contributed by atoms with Crippen LogP contribution in [0.5, 0.6) is 0 Å². The summed E-state index contributed by atoms with van der Waals surface area (Å²) in [5, 5.41) is 12.3. The summed E-state index contributed by atoms with van der Waals surface area (Å²) in [5.41, 5.74) is 4.88. The van der Waals surface area contributed by atoms with Crippen LogP contribution in [0.2, 0.25) is 0 Å². The lowest BCUT2D eigenvalue weighted by atomic mass is 9.82. The predicted octanol–water partition coefficient (Wildman–Crippen LogP) is 4.21. The maximum absolute atomic E-state index is 10.7. The molecule has 2 nitrogen and oxygen atoms in total. The highest BCUT2D eigenvalue weighted by Crippen LogP contribution is 2.50. The van der Waals surface area contributed by atoms with Crippen molar-refractivity contribution >= 4 is 15.9 Å². The van der Waals surface area contributed by atoms with Gasteiger partial charge in [0.2, 0.25) is 0 Å². The van der Waals surface area contributed by atoms with Gasteiger partial charge in [-0.1, -0.05) is 46.3 Å². The molecule has 102 valence electrons. The summed E-state index contributed by atoms with van der Waals surface area (Å²) < 4.78 is 1.11. The Morgan fingerprint density at radius 3 is 2.85 bits per heavy atom. The minimum Gasteiger partial charge on any atom is -0.313 e. The van der Waals surface area contributed by atoms with Crippen molar-refractivity contribution in [3.05, 3.63) is 69.2 Å². The molecule has 3 heteroatoms. The maximum atomic E-state index is 10.7. The molecule has 0 saturated heterocycles. The average molecular weight is 330 g/mol. The largest absolute Gasteiger partial charge is 0.313 e. The molecule has 1 N–H and O–H groups in total. The molecular formula is C17H16BrNO. The third-order valence-electron chi connectivity index (χ3n) is 4.82. The molecule has 2 unspecified atom stereocenters. The molecule has 0 saturated carbocycles. The molecule has 2 aliphatic heterocycles. The van der Waals surface area contributed by atoms with E-state index in [9.17, 15) is 5.21 Å². The van der Waals surface area contributed by atoms with Crippen LogP contribution >= 0.6 is 15.9 Å². The van der Waals surface area contributed by atoms with Gasteiger partial charge in [0.05, 0.1) is 11.6 Å². The SMILES string of the molecule is CC12Cc3cc(Br)ccc3CC(c3ccccc31)N2O. The Hall–Kier alpha value is -1.16. The van der Waals surface area contributed by atoms with Gasteiger partial charge in [-0.05, 0) is 54.2 Å². The minimum atomic E-state index is -0.326. The van der Waals surface area contributed by atoms with Gasteiger partial charge in [0, 0.05) is 4.47 Å². The van der Waals surface area contributed by atoms with Crippen LogP contribution in [0.1, 0.15) is 35.2 Å². The first-order valence-corrected chi connectivity index (χ1v) is 7.74. The molecular weight excluding hydrogens is 314 g/mol. The molecule has 0 aliphatic carbocycles.